The van der Waals surface area contributed by atoms with Crippen LogP contribution in [0, 0.1) is 5.82 Å². The molecule has 7 N–H and O–H groups in total. The highest BCUT2D eigenvalue weighted by Crippen LogP contribution is 2.46. The van der Waals surface area contributed by atoms with Crippen molar-refractivity contribution in [1.29, 1.82) is 0 Å². The lowest BCUT2D eigenvalue weighted by atomic mass is 9.77. The van der Waals surface area contributed by atoms with Crippen molar-refractivity contribution < 1.29 is 39.0 Å². The fraction of sp³-hybridized carbons (Fsp3) is 0.727. The first kappa shape index (κ1) is 24.9. The molecule has 10 nitrogen and oxygen atoms in total. The van der Waals surface area contributed by atoms with E-state index in [1.165, 1.54) is 12.1 Å². The lowest BCUT2D eigenvalue weighted by molar-refractivity contribution is -0.482. The van der Waals surface area contributed by atoms with Crippen molar-refractivity contribution in [3.05, 3.63) is 35.6 Å². The first-order valence-corrected chi connectivity index (χ1v) is 11.2. The zero-order valence-corrected chi connectivity index (χ0v) is 18.9. The molecule has 3 fully saturated rings. The summed E-state index contributed by atoms with van der Waals surface area (Å²) in [4.78, 5) is 0. The quantitative estimate of drug-likeness (QED) is 0.253. The molecule has 0 bridgehead atoms. The largest absolute Gasteiger partial charge is 0.390 e. The minimum absolute atomic E-state index is 0.0331. The van der Waals surface area contributed by atoms with Gasteiger partial charge >= 0.3 is 0 Å². The summed E-state index contributed by atoms with van der Waals surface area (Å²) in [6.45, 7) is 1.89. The average Bonchev–Trinajstić information content (AvgIpc) is 2.75. The second-order valence-electron chi connectivity index (χ2n) is 9.24. The predicted molar refractivity (Wildman–Crippen MR) is 114 cm³/mol. The van der Waals surface area contributed by atoms with E-state index in [9.17, 15) is 24.8 Å². The molecule has 1 saturated carbocycles. The zero-order valence-electron chi connectivity index (χ0n) is 18.9. The van der Waals surface area contributed by atoms with Crippen molar-refractivity contribution in [3.63, 3.8) is 0 Å². The van der Waals surface area contributed by atoms with Gasteiger partial charge in [0.1, 0.15) is 29.7 Å². The molecular weight excluding hydrogens is 437 g/mol. The molecule has 3 aliphatic rings. The van der Waals surface area contributed by atoms with Gasteiger partial charge in [0.05, 0.1) is 24.3 Å². The number of aliphatic hydroxyl groups excluding tert-OH is 2. The van der Waals surface area contributed by atoms with E-state index in [-0.39, 0.29) is 25.3 Å². The maximum atomic E-state index is 13.5. The molecule has 186 valence electrons. The molecule has 2 saturated heterocycles. The Kier molecular flexibility index (Phi) is 7.10. The van der Waals surface area contributed by atoms with Crippen molar-refractivity contribution in [2.45, 2.75) is 80.2 Å². The first-order valence-electron chi connectivity index (χ1n) is 11.2. The van der Waals surface area contributed by atoms with Crippen LogP contribution in [0.25, 0.3) is 0 Å². The number of fused-ring (bicyclic) bond motifs is 2. The summed E-state index contributed by atoms with van der Waals surface area (Å²) in [5.74, 6) is -2.65. The van der Waals surface area contributed by atoms with Crippen molar-refractivity contribution in [3.8, 4) is 0 Å². The van der Waals surface area contributed by atoms with E-state index in [0.717, 1.165) is 0 Å². The van der Waals surface area contributed by atoms with Gasteiger partial charge in [-0.2, -0.15) is 0 Å². The Labute approximate surface area is 192 Å². The number of nitrogens with one attached hydrogen (secondary N) is 3. The van der Waals surface area contributed by atoms with Crippen LogP contribution in [0.15, 0.2) is 24.3 Å². The summed E-state index contributed by atoms with van der Waals surface area (Å²) in [5, 5.41) is 53.6. The average molecular weight is 472 g/mol. The van der Waals surface area contributed by atoms with Crippen LogP contribution in [0.4, 0.5) is 4.39 Å². The van der Waals surface area contributed by atoms with Crippen molar-refractivity contribution in [2.75, 3.05) is 20.6 Å². The van der Waals surface area contributed by atoms with Gasteiger partial charge in [-0.15, -0.1) is 0 Å². The lowest BCUT2D eigenvalue weighted by Gasteiger charge is -2.60. The highest BCUT2D eigenvalue weighted by molar-refractivity contribution is 5.17. The van der Waals surface area contributed by atoms with E-state index in [4.69, 9.17) is 14.2 Å². The van der Waals surface area contributed by atoms with Gasteiger partial charge in [0.15, 0.2) is 0 Å². The van der Waals surface area contributed by atoms with Crippen molar-refractivity contribution in [2.24, 2.45) is 0 Å². The molecule has 1 aliphatic carbocycles. The summed E-state index contributed by atoms with van der Waals surface area (Å²) in [6.07, 6.45) is -5.93. The molecule has 0 radical (unpaired) electrons. The smallest absolute Gasteiger partial charge is 0.249 e. The molecule has 2 aliphatic heterocycles. The summed E-state index contributed by atoms with van der Waals surface area (Å²) in [7, 11) is 3.24. The number of halogens is 1. The Balaban J connectivity index is 1.57. The highest BCUT2D eigenvalue weighted by Gasteiger charge is 2.68. The molecule has 33 heavy (non-hydrogen) atoms. The standard InChI is InChI=1S/C22H34FN3O7/c1-11-8-21(29,10-26-9-12-5-4-6-13(23)7-12)22(30)20(31-11)32-19-17(28)14(24-2)16(27)15(25-3)18(19)33-22/h4-7,11,14-20,24-30H,8-10H2,1-3H3. The third-order valence-corrected chi connectivity index (χ3v) is 6.98. The number of aliphatic hydroxyl groups is 4. The maximum absolute atomic E-state index is 13.5. The highest BCUT2D eigenvalue weighted by atomic mass is 19.1. The Bertz CT molecular complexity index is 837. The minimum Gasteiger partial charge on any atom is -0.390 e. The molecule has 0 amide bonds. The van der Waals surface area contributed by atoms with Crippen LogP contribution in [0.5, 0.6) is 0 Å². The van der Waals surface area contributed by atoms with Gasteiger partial charge in [0, 0.05) is 19.5 Å². The zero-order chi connectivity index (χ0) is 24.0. The van der Waals surface area contributed by atoms with Crippen LogP contribution in [-0.4, -0.2) is 101 Å². The van der Waals surface area contributed by atoms with E-state index in [1.807, 2.05) is 0 Å². The van der Waals surface area contributed by atoms with Gasteiger partial charge in [-0.3, -0.25) is 0 Å². The van der Waals surface area contributed by atoms with Crippen LogP contribution >= 0.6 is 0 Å². The van der Waals surface area contributed by atoms with Gasteiger partial charge in [0.25, 0.3) is 0 Å². The first-order chi connectivity index (χ1) is 15.6. The monoisotopic (exact) mass is 471 g/mol. The molecule has 0 spiro atoms. The predicted octanol–water partition coefficient (Wildman–Crippen LogP) is -1.83. The van der Waals surface area contributed by atoms with Crippen LogP contribution in [0.2, 0.25) is 0 Å². The molecular formula is C22H34FN3O7. The van der Waals surface area contributed by atoms with Crippen LogP contribution < -0.4 is 16.0 Å². The normalized spacial score (nSPS) is 45.3. The molecule has 1 aromatic rings. The third-order valence-electron chi connectivity index (χ3n) is 6.98. The Morgan fingerprint density at radius 3 is 2.45 bits per heavy atom. The molecule has 10 atom stereocenters. The Morgan fingerprint density at radius 1 is 1.06 bits per heavy atom. The van der Waals surface area contributed by atoms with Gasteiger partial charge in [-0.1, -0.05) is 12.1 Å². The van der Waals surface area contributed by atoms with E-state index < -0.39 is 60.3 Å². The number of likely N-dealkylation sites (N-methyl/N-ethyl adjacent to an activating group) is 2. The summed E-state index contributed by atoms with van der Waals surface area (Å²) < 4.78 is 31.3. The number of ether oxygens (including phenoxy) is 3. The second-order valence-corrected chi connectivity index (χ2v) is 9.24. The SMILES string of the molecule is CNC1C(O)C(NC)C2OC3(O)C(OC(C)CC3(O)CNCc3cccc(F)c3)OC2C1O. The summed E-state index contributed by atoms with van der Waals surface area (Å²) in [5.41, 5.74) is -1.16. The summed E-state index contributed by atoms with van der Waals surface area (Å²) >= 11 is 0. The number of hydrogen-bond acceptors (Lipinski definition) is 10. The topological polar surface area (TPSA) is 145 Å². The lowest BCUT2D eigenvalue weighted by Crippen LogP contribution is -2.81. The van der Waals surface area contributed by atoms with Gasteiger partial charge < -0.3 is 50.6 Å². The van der Waals surface area contributed by atoms with Crippen LogP contribution in [0.3, 0.4) is 0 Å². The third kappa shape index (κ3) is 4.31. The van der Waals surface area contributed by atoms with E-state index in [0.29, 0.717) is 5.56 Å². The second kappa shape index (κ2) is 9.42. The fourth-order valence-electron chi connectivity index (χ4n) is 5.29. The maximum Gasteiger partial charge on any atom is 0.249 e. The van der Waals surface area contributed by atoms with E-state index >= 15 is 0 Å². The molecule has 0 aromatic heterocycles. The van der Waals surface area contributed by atoms with Gasteiger partial charge in [-0.05, 0) is 38.7 Å². The van der Waals surface area contributed by atoms with Crippen LogP contribution in [-0.2, 0) is 20.8 Å². The van der Waals surface area contributed by atoms with Crippen molar-refractivity contribution >= 4 is 0 Å². The van der Waals surface area contributed by atoms with Gasteiger partial charge in [-0.25, -0.2) is 4.39 Å². The molecule has 11 heteroatoms. The van der Waals surface area contributed by atoms with Crippen LogP contribution in [0.1, 0.15) is 18.9 Å². The van der Waals surface area contributed by atoms with Crippen molar-refractivity contribution in [1.82, 2.24) is 16.0 Å². The Hall–Kier alpha value is -1.25. The number of rotatable bonds is 6. The number of hydrogen-bond donors (Lipinski definition) is 7. The molecule has 10 unspecified atom stereocenters. The number of benzene rings is 1. The minimum atomic E-state index is -2.28. The molecule has 4 rings (SSSR count). The molecule has 2 heterocycles. The Morgan fingerprint density at radius 2 is 1.79 bits per heavy atom. The molecule has 1 aromatic carbocycles. The van der Waals surface area contributed by atoms with E-state index in [1.54, 1.807) is 33.2 Å². The van der Waals surface area contributed by atoms with E-state index in [2.05, 4.69) is 16.0 Å². The van der Waals surface area contributed by atoms with Gasteiger partial charge in [0.2, 0.25) is 12.1 Å². The summed E-state index contributed by atoms with van der Waals surface area (Å²) in [6, 6.07) is 4.66. The fourth-order valence-corrected chi connectivity index (χ4v) is 5.29.